The maximum atomic E-state index is 5.94. The minimum Gasteiger partial charge on any atom is -0.382 e. The molecule has 0 saturated heterocycles. The van der Waals surface area contributed by atoms with Crippen LogP contribution in [0.5, 0.6) is 0 Å². The van der Waals surface area contributed by atoms with Crippen molar-refractivity contribution in [1.29, 1.82) is 0 Å². The van der Waals surface area contributed by atoms with E-state index < -0.39 is 0 Å². The Morgan fingerprint density at radius 3 is 2.81 bits per heavy atom. The maximum absolute atomic E-state index is 5.94. The average molecular weight is 301 g/mol. The first-order chi connectivity index (χ1) is 10.3. The van der Waals surface area contributed by atoms with Crippen LogP contribution in [-0.2, 0) is 13.1 Å². The van der Waals surface area contributed by atoms with Crippen LogP contribution in [0.15, 0.2) is 30.9 Å². The first-order valence-electron chi connectivity index (χ1n) is 6.50. The zero-order valence-electron chi connectivity index (χ0n) is 11.3. The van der Waals surface area contributed by atoms with Gasteiger partial charge >= 0.3 is 0 Å². The van der Waals surface area contributed by atoms with Crippen LogP contribution in [0.1, 0.15) is 5.56 Å². The van der Waals surface area contributed by atoms with Crippen molar-refractivity contribution in [3.63, 3.8) is 0 Å². The Labute approximate surface area is 127 Å². The van der Waals surface area contributed by atoms with E-state index in [9.17, 15) is 0 Å². The Kier molecular flexibility index (Phi) is 3.87. The molecule has 3 rings (SSSR count). The lowest BCUT2D eigenvalue weighted by molar-refractivity contribution is 0.788. The first-order valence-corrected chi connectivity index (χ1v) is 7.13. The fraction of sp³-hybridized carbons (Fsp3) is 0.231. The molecule has 3 aromatic heterocycles. The fourth-order valence-corrected chi connectivity index (χ4v) is 2.21. The molecule has 0 aliphatic carbocycles. The average Bonchev–Trinajstić information content (AvgIpc) is 2.90. The lowest BCUT2D eigenvalue weighted by Crippen LogP contribution is -2.07. The van der Waals surface area contributed by atoms with Gasteiger partial charge in [0.05, 0.1) is 6.33 Å². The molecule has 0 saturated carbocycles. The highest BCUT2D eigenvalue weighted by Gasteiger charge is 2.10. The van der Waals surface area contributed by atoms with Gasteiger partial charge in [-0.25, -0.2) is 4.98 Å². The Balaban J connectivity index is 1.87. The zero-order valence-corrected chi connectivity index (χ0v) is 12.2. The minimum absolute atomic E-state index is 0.371. The van der Waals surface area contributed by atoms with Gasteiger partial charge in [0.1, 0.15) is 5.52 Å². The molecule has 0 aliphatic rings. The van der Waals surface area contributed by atoms with Crippen LogP contribution in [0, 0.1) is 0 Å². The third-order valence-corrected chi connectivity index (χ3v) is 3.23. The van der Waals surface area contributed by atoms with Gasteiger partial charge in [0, 0.05) is 31.2 Å². The van der Waals surface area contributed by atoms with Crippen molar-refractivity contribution in [3.8, 4) is 0 Å². The van der Waals surface area contributed by atoms with E-state index in [0.29, 0.717) is 35.2 Å². The number of anilines is 2. The van der Waals surface area contributed by atoms with Gasteiger partial charge in [-0.2, -0.15) is 22.6 Å². The number of nitrogens with one attached hydrogen (secondary N) is 1. The SMILES string of the molecule is Nc1nc(NCc2ccncc2)nc2c1ncn2CCS. The molecule has 3 N–H and O–H groups in total. The highest BCUT2D eigenvalue weighted by atomic mass is 32.1. The number of aryl methyl sites for hydroxylation is 1. The molecule has 0 amide bonds. The number of nitrogens with two attached hydrogens (primary N) is 1. The predicted octanol–water partition coefficient (Wildman–Crippen LogP) is 1.35. The number of nitrogen functional groups attached to an aromatic ring is 1. The number of fused-ring (bicyclic) bond motifs is 1. The van der Waals surface area contributed by atoms with Crippen LogP contribution in [0.25, 0.3) is 11.2 Å². The molecular weight excluding hydrogens is 286 g/mol. The molecule has 3 heterocycles. The molecule has 7 nitrogen and oxygen atoms in total. The molecule has 21 heavy (non-hydrogen) atoms. The fourth-order valence-electron chi connectivity index (χ4n) is 2.00. The molecule has 0 aliphatic heterocycles. The van der Waals surface area contributed by atoms with E-state index in [4.69, 9.17) is 5.73 Å². The second-order valence-corrected chi connectivity index (χ2v) is 4.92. The molecule has 108 valence electrons. The van der Waals surface area contributed by atoms with Gasteiger partial charge in [-0.05, 0) is 17.7 Å². The molecule has 0 spiro atoms. The van der Waals surface area contributed by atoms with E-state index in [1.54, 1.807) is 18.7 Å². The Hall–Kier alpha value is -2.35. The summed E-state index contributed by atoms with van der Waals surface area (Å²) in [5.41, 5.74) is 8.37. The molecule has 0 fully saturated rings. The lowest BCUT2D eigenvalue weighted by atomic mass is 10.3. The van der Waals surface area contributed by atoms with E-state index in [1.165, 1.54) is 0 Å². The zero-order chi connectivity index (χ0) is 14.7. The molecule has 8 heteroatoms. The summed E-state index contributed by atoms with van der Waals surface area (Å²) < 4.78 is 1.91. The van der Waals surface area contributed by atoms with Crippen molar-refractivity contribution in [2.24, 2.45) is 0 Å². The second kappa shape index (κ2) is 5.96. The molecule has 0 bridgehead atoms. The lowest BCUT2D eigenvalue weighted by Gasteiger charge is -2.07. The van der Waals surface area contributed by atoms with Crippen molar-refractivity contribution >= 4 is 35.6 Å². The summed E-state index contributed by atoms with van der Waals surface area (Å²) in [5, 5.41) is 3.16. The number of pyridine rings is 1. The van der Waals surface area contributed by atoms with E-state index in [2.05, 4.69) is 37.9 Å². The van der Waals surface area contributed by atoms with Crippen LogP contribution in [0.4, 0.5) is 11.8 Å². The number of rotatable bonds is 5. The van der Waals surface area contributed by atoms with Gasteiger partial charge in [0.15, 0.2) is 11.5 Å². The molecule has 0 aromatic carbocycles. The number of hydrogen-bond acceptors (Lipinski definition) is 7. The van der Waals surface area contributed by atoms with Gasteiger partial charge in [0.25, 0.3) is 0 Å². The maximum Gasteiger partial charge on any atom is 0.227 e. The standard InChI is InChI=1S/C13H15N7S/c14-11-10-12(20(5-6-21)8-17-10)19-13(18-11)16-7-9-1-3-15-4-2-9/h1-4,8,21H,5-7H2,(H3,14,16,18,19). The van der Waals surface area contributed by atoms with Crippen LogP contribution in [-0.4, -0.2) is 30.3 Å². The summed E-state index contributed by atoms with van der Waals surface area (Å²) >= 11 is 4.23. The number of aromatic nitrogens is 5. The van der Waals surface area contributed by atoms with Crippen LogP contribution in [0.2, 0.25) is 0 Å². The van der Waals surface area contributed by atoms with Crippen LogP contribution >= 0.6 is 12.6 Å². The quantitative estimate of drug-likeness (QED) is 0.616. The Bertz CT molecular complexity index is 741. The summed E-state index contributed by atoms with van der Waals surface area (Å²) in [6.07, 6.45) is 5.20. The molecule has 0 radical (unpaired) electrons. The number of thiol groups is 1. The topological polar surface area (TPSA) is 94.5 Å². The molecular formula is C13H15N7S. The Morgan fingerprint density at radius 1 is 1.24 bits per heavy atom. The summed E-state index contributed by atoms with van der Waals surface area (Å²) in [6.45, 7) is 1.33. The highest BCUT2D eigenvalue weighted by molar-refractivity contribution is 7.80. The van der Waals surface area contributed by atoms with Gasteiger partial charge in [-0.15, -0.1) is 0 Å². The van der Waals surface area contributed by atoms with Crippen molar-refractivity contribution < 1.29 is 0 Å². The molecule has 0 unspecified atom stereocenters. The summed E-state index contributed by atoms with van der Waals surface area (Å²) in [5.74, 6) is 1.56. The van der Waals surface area contributed by atoms with Gasteiger partial charge in [0.2, 0.25) is 5.95 Å². The largest absolute Gasteiger partial charge is 0.382 e. The van der Waals surface area contributed by atoms with Crippen LogP contribution in [0.3, 0.4) is 0 Å². The van der Waals surface area contributed by atoms with Crippen molar-refractivity contribution in [2.45, 2.75) is 13.1 Å². The number of hydrogen-bond donors (Lipinski definition) is 3. The van der Waals surface area contributed by atoms with Gasteiger partial charge in [-0.3, -0.25) is 4.98 Å². The van der Waals surface area contributed by atoms with E-state index in [-0.39, 0.29) is 0 Å². The third kappa shape index (κ3) is 2.89. The highest BCUT2D eigenvalue weighted by Crippen LogP contribution is 2.18. The summed E-state index contributed by atoms with van der Waals surface area (Å²) in [4.78, 5) is 16.9. The summed E-state index contributed by atoms with van der Waals surface area (Å²) in [7, 11) is 0. The van der Waals surface area contributed by atoms with Crippen molar-refractivity contribution in [1.82, 2.24) is 24.5 Å². The van der Waals surface area contributed by atoms with E-state index in [0.717, 1.165) is 12.1 Å². The number of nitrogens with zero attached hydrogens (tertiary/aromatic N) is 5. The molecule has 0 atom stereocenters. The first kappa shape index (κ1) is 13.6. The van der Waals surface area contributed by atoms with Crippen LogP contribution < -0.4 is 11.1 Å². The van der Waals surface area contributed by atoms with E-state index >= 15 is 0 Å². The van der Waals surface area contributed by atoms with Gasteiger partial charge in [-0.1, -0.05) is 0 Å². The van der Waals surface area contributed by atoms with E-state index in [1.807, 2.05) is 16.7 Å². The predicted molar refractivity (Wildman–Crippen MR) is 85.2 cm³/mol. The number of imidazole rings is 1. The second-order valence-electron chi connectivity index (χ2n) is 4.48. The molecule has 3 aromatic rings. The monoisotopic (exact) mass is 301 g/mol. The smallest absolute Gasteiger partial charge is 0.227 e. The Morgan fingerprint density at radius 2 is 2.05 bits per heavy atom. The van der Waals surface area contributed by atoms with Gasteiger partial charge < -0.3 is 15.6 Å². The third-order valence-electron chi connectivity index (χ3n) is 3.03. The summed E-state index contributed by atoms with van der Waals surface area (Å²) in [6, 6.07) is 3.86. The van der Waals surface area contributed by atoms with Crippen molar-refractivity contribution in [2.75, 3.05) is 16.8 Å². The normalized spacial score (nSPS) is 10.9. The van der Waals surface area contributed by atoms with Crippen molar-refractivity contribution in [3.05, 3.63) is 36.4 Å². The minimum atomic E-state index is 0.371.